The van der Waals surface area contributed by atoms with Gasteiger partial charge in [-0.15, -0.1) is 24.0 Å². The van der Waals surface area contributed by atoms with Crippen LogP contribution in [0.2, 0.25) is 0 Å². The molecule has 0 aromatic rings. The Kier molecular flexibility index (Phi) is 7.56. The SMILES string of the molecule is CN=C(NCC1(N2CCSCC2)CCCC1)N1CCC(C)(C)C1.I. The number of hydrogen-bond donors (Lipinski definition) is 1. The van der Waals surface area contributed by atoms with E-state index in [1.807, 2.05) is 7.05 Å². The van der Waals surface area contributed by atoms with E-state index in [0.29, 0.717) is 11.0 Å². The molecule has 140 valence electrons. The van der Waals surface area contributed by atoms with E-state index < -0.39 is 0 Å². The molecule has 0 bridgehead atoms. The summed E-state index contributed by atoms with van der Waals surface area (Å²) >= 11 is 2.11. The Hall–Kier alpha value is 0.310. The van der Waals surface area contributed by atoms with Gasteiger partial charge in [-0.2, -0.15) is 11.8 Å². The van der Waals surface area contributed by atoms with E-state index in [2.05, 4.69) is 45.7 Å². The van der Waals surface area contributed by atoms with Crippen LogP contribution in [0.15, 0.2) is 4.99 Å². The molecule has 3 fully saturated rings. The zero-order valence-corrected chi connectivity index (χ0v) is 18.8. The lowest BCUT2D eigenvalue weighted by Gasteiger charge is -2.44. The van der Waals surface area contributed by atoms with Gasteiger partial charge in [0.1, 0.15) is 0 Å². The lowest BCUT2D eigenvalue weighted by Crippen LogP contribution is -2.57. The quantitative estimate of drug-likeness (QED) is 0.393. The van der Waals surface area contributed by atoms with Gasteiger partial charge in [0.15, 0.2) is 5.96 Å². The van der Waals surface area contributed by atoms with Crippen LogP contribution >= 0.6 is 35.7 Å². The number of aliphatic imine (C=N–C) groups is 1. The fourth-order valence-corrected chi connectivity index (χ4v) is 5.45. The second-order valence-corrected chi connectivity index (χ2v) is 9.49. The lowest BCUT2D eigenvalue weighted by molar-refractivity contribution is 0.106. The van der Waals surface area contributed by atoms with Crippen molar-refractivity contribution in [3.05, 3.63) is 0 Å². The number of rotatable bonds is 3. The molecule has 0 amide bonds. The molecule has 4 nitrogen and oxygen atoms in total. The Morgan fingerprint density at radius 3 is 2.29 bits per heavy atom. The molecule has 1 N–H and O–H groups in total. The van der Waals surface area contributed by atoms with Gasteiger partial charge in [0.2, 0.25) is 0 Å². The predicted molar refractivity (Wildman–Crippen MR) is 117 cm³/mol. The first-order valence-electron chi connectivity index (χ1n) is 9.33. The number of nitrogens with one attached hydrogen (secondary N) is 1. The summed E-state index contributed by atoms with van der Waals surface area (Å²) < 4.78 is 0. The summed E-state index contributed by atoms with van der Waals surface area (Å²) in [5.41, 5.74) is 0.804. The van der Waals surface area contributed by atoms with Crippen LogP contribution in [-0.4, -0.2) is 72.6 Å². The van der Waals surface area contributed by atoms with E-state index in [1.54, 1.807) is 0 Å². The molecule has 0 spiro atoms. The van der Waals surface area contributed by atoms with Gasteiger partial charge in [-0.25, -0.2) is 0 Å². The van der Waals surface area contributed by atoms with Crippen LogP contribution in [0.5, 0.6) is 0 Å². The number of nitrogens with zero attached hydrogens (tertiary/aromatic N) is 3. The van der Waals surface area contributed by atoms with Crippen molar-refractivity contribution in [1.29, 1.82) is 0 Å². The molecular formula is C18H35IN4S. The fraction of sp³-hybridized carbons (Fsp3) is 0.944. The summed E-state index contributed by atoms with van der Waals surface area (Å²) in [5, 5.41) is 3.76. The van der Waals surface area contributed by atoms with Crippen molar-refractivity contribution in [2.24, 2.45) is 10.4 Å². The van der Waals surface area contributed by atoms with Gasteiger partial charge < -0.3 is 10.2 Å². The van der Waals surface area contributed by atoms with Crippen molar-refractivity contribution in [3.8, 4) is 0 Å². The molecule has 6 heteroatoms. The van der Waals surface area contributed by atoms with E-state index >= 15 is 0 Å². The Bertz CT molecular complexity index is 429. The van der Waals surface area contributed by atoms with E-state index in [9.17, 15) is 0 Å². The van der Waals surface area contributed by atoms with Crippen molar-refractivity contribution in [3.63, 3.8) is 0 Å². The predicted octanol–water partition coefficient (Wildman–Crippen LogP) is 3.27. The van der Waals surface area contributed by atoms with Crippen LogP contribution in [0.4, 0.5) is 0 Å². The van der Waals surface area contributed by atoms with Crippen molar-refractivity contribution in [2.75, 3.05) is 51.3 Å². The zero-order valence-electron chi connectivity index (χ0n) is 15.6. The molecule has 0 aromatic carbocycles. The van der Waals surface area contributed by atoms with Crippen LogP contribution < -0.4 is 5.32 Å². The Labute approximate surface area is 169 Å². The molecule has 3 aliphatic rings. The summed E-state index contributed by atoms with van der Waals surface area (Å²) in [7, 11) is 1.94. The topological polar surface area (TPSA) is 30.9 Å². The first kappa shape index (κ1) is 20.6. The normalized spacial score (nSPS) is 27.1. The Morgan fingerprint density at radius 1 is 1.08 bits per heavy atom. The maximum Gasteiger partial charge on any atom is 0.193 e. The van der Waals surface area contributed by atoms with Gasteiger partial charge in [-0.05, 0) is 24.7 Å². The molecule has 2 aliphatic heterocycles. The second kappa shape index (κ2) is 8.80. The summed E-state index contributed by atoms with van der Waals surface area (Å²) in [6.45, 7) is 10.6. The summed E-state index contributed by atoms with van der Waals surface area (Å²) in [4.78, 5) is 9.82. The molecule has 2 heterocycles. The molecule has 2 saturated heterocycles. The van der Waals surface area contributed by atoms with Crippen molar-refractivity contribution in [1.82, 2.24) is 15.1 Å². The van der Waals surface area contributed by atoms with Gasteiger partial charge in [0, 0.05) is 56.8 Å². The van der Waals surface area contributed by atoms with Gasteiger partial charge in [-0.1, -0.05) is 26.7 Å². The highest BCUT2D eigenvalue weighted by atomic mass is 127. The summed E-state index contributed by atoms with van der Waals surface area (Å²) in [6, 6.07) is 0. The third-order valence-electron chi connectivity index (χ3n) is 5.98. The average molecular weight is 466 g/mol. The van der Waals surface area contributed by atoms with Crippen LogP contribution in [0.3, 0.4) is 0 Å². The molecule has 0 aromatic heterocycles. The number of likely N-dealkylation sites (tertiary alicyclic amines) is 1. The molecule has 24 heavy (non-hydrogen) atoms. The first-order valence-corrected chi connectivity index (χ1v) is 10.5. The maximum atomic E-state index is 4.58. The average Bonchev–Trinajstić information content (AvgIpc) is 3.17. The number of hydrogen-bond acceptors (Lipinski definition) is 3. The fourth-order valence-electron chi connectivity index (χ4n) is 4.54. The smallest absolute Gasteiger partial charge is 0.193 e. The third-order valence-corrected chi connectivity index (χ3v) is 6.92. The summed E-state index contributed by atoms with van der Waals surface area (Å²) in [6.07, 6.45) is 6.75. The highest BCUT2D eigenvalue weighted by molar-refractivity contribution is 14.0. The minimum atomic E-state index is 0. The molecule has 3 rings (SSSR count). The van der Waals surface area contributed by atoms with E-state index in [4.69, 9.17) is 0 Å². The molecule has 0 radical (unpaired) electrons. The standard InChI is InChI=1S/C18H34N4S.HI/c1-17(2)8-9-21(15-17)16(19-3)20-14-18(6-4-5-7-18)22-10-12-23-13-11-22;/h4-15H2,1-3H3,(H,19,20);1H. The molecule has 0 atom stereocenters. The van der Waals surface area contributed by atoms with Crippen LogP contribution in [0, 0.1) is 5.41 Å². The largest absolute Gasteiger partial charge is 0.354 e. The monoisotopic (exact) mass is 466 g/mol. The number of halogens is 1. The lowest BCUT2D eigenvalue weighted by atomic mass is 9.93. The van der Waals surface area contributed by atoms with Crippen molar-refractivity contribution >= 4 is 41.7 Å². The number of thioether (sulfide) groups is 1. The van der Waals surface area contributed by atoms with Crippen molar-refractivity contribution in [2.45, 2.75) is 51.5 Å². The summed E-state index contributed by atoms with van der Waals surface area (Å²) in [5.74, 6) is 3.72. The van der Waals surface area contributed by atoms with Gasteiger partial charge in [-0.3, -0.25) is 9.89 Å². The highest BCUT2D eigenvalue weighted by Gasteiger charge is 2.40. The van der Waals surface area contributed by atoms with Crippen LogP contribution in [0.25, 0.3) is 0 Å². The van der Waals surface area contributed by atoms with Gasteiger partial charge in [0.25, 0.3) is 0 Å². The molecule has 1 saturated carbocycles. The van der Waals surface area contributed by atoms with Gasteiger partial charge >= 0.3 is 0 Å². The molecular weight excluding hydrogens is 431 g/mol. The highest BCUT2D eigenvalue weighted by Crippen LogP contribution is 2.36. The third kappa shape index (κ3) is 4.72. The van der Waals surface area contributed by atoms with E-state index in [-0.39, 0.29) is 24.0 Å². The van der Waals surface area contributed by atoms with E-state index in [0.717, 1.165) is 25.6 Å². The Balaban J connectivity index is 0.00000208. The minimum absolute atomic E-state index is 0. The first-order chi connectivity index (χ1) is 11.0. The second-order valence-electron chi connectivity index (χ2n) is 8.27. The maximum absolute atomic E-state index is 4.58. The van der Waals surface area contributed by atoms with Crippen LogP contribution in [0.1, 0.15) is 46.0 Å². The molecule has 1 aliphatic carbocycles. The minimum Gasteiger partial charge on any atom is -0.354 e. The van der Waals surface area contributed by atoms with Crippen LogP contribution in [-0.2, 0) is 0 Å². The molecule has 0 unspecified atom stereocenters. The van der Waals surface area contributed by atoms with Crippen molar-refractivity contribution < 1.29 is 0 Å². The zero-order chi connectivity index (χ0) is 16.3. The van der Waals surface area contributed by atoms with E-state index in [1.165, 1.54) is 56.7 Å². The number of guanidine groups is 1. The van der Waals surface area contributed by atoms with Gasteiger partial charge in [0.05, 0.1) is 0 Å². The Morgan fingerprint density at radius 2 is 1.75 bits per heavy atom.